The number of sulfonamides is 1. The molecule has 0 spiro atoms. The minimum absolute atomic E-state index is 0.143. The fraction of sp³-hybridized carbons (Fsp3) is 0.176. The second-order valence-electron chi connectivity index (χ2n) is 4.88. The van der Waals surface area contributed by atoms with Crippen LogP contribution in [0.3, 0.4) is 0 Å². The first-order valence-corrected chi connectivity index (χ1v) is 8.64. The van der Waals surface area contributed by atoms with Crippen molar-refractivity contribution >= 4 is 16.1 Å². The van der Waals surface area contributed by atoms with E-state index in [1.54, 1.807) is 0 Å². The standard InChI is InChI=1S/C17H18FNO2S/c18-17-11-9-16(10-12-17)14-22(20,21)19-13-5-4-8-15-6-2-1-3-7-15/h1-4,6-12,19H,5,13-14H2/b8-4+. The van der Waals surface area contributed by atoms with E-state index >= 15 is 0 Å². The molecule has 2 aromatic rings. The molecule has 0 saturated heterocycles. The maximum absolute atomic E-state index is 12.8. The molecular weight excluding hydrogens is 301 g/mol. The van der Waals surface area contributed by atoms with E-state index in [1.807, 2.05) is 42.5 Å². The third-order valence-corrected chi connectivity index (χ3v) is 4.37. The Morgan fingerprint density at radius 1 is 1.00 bits per heavy atom. The summed E-state index contributed by atoms with van der Waals surface area (Å²) in [5, 5.41) is 0. The van der Waals surface area contributed by atoms with E-state index in [4.69, 9.17) is 0 Å². The lowest BCUT2D eigenvalue weighted by molar-refractivity contribution is 0.581. The van der Waals surface area contributed by atoms with Crippen molar-refractivity contribution in [3.63, 3.8) is 0 Å². The summed E-state index contributed by atoms with van der Waals surface area (Å²) in [6.45, 7) is 0.340. The van der Waals surface area contributed by atoms with Crippen LogP contribution in [0.2, 0.25) is 0 Å². The molecular formula is C17H18FNO2S. The highest BCUT2D eigenvalue weighted by Crippen LogP contribution is 2.07. The predicted octanol–water partition coefficient (Wildman–Crippen LogP) is 3.35. The largest absolute Gasteiger partial charge is 0.215 e. The average molecular weight is 319 g/mol. The summed E-state index contributed by atoms with van der Waals surface area (Å²) >= 11 is 0. The number of nitrogens with one attached hydrogen (secondary N) is 1. The summed E-state index contributed by atoms with van der Waals surface area (Å²) in [5.41, 5.74) is 1.64. The topological polar surface area (TPSA) is 46.2 Å². The summed E-state index contributed by atoms with van der Waals surface area (Å²) < 4.78 is 39.1. The summed E-state index contributed by atoms with van der Waals surface area (Å²) in [5.74, 6) is -0.518. The molecule has 0 aliphatic rings. The fourth-order valence-electron chi connectivity index (χ4n) is 1.93. The Hall–Kier alpha value is -1.98. The molecule has 0 bridgehead atoms. The van der Waals surface area contributed by atoms with Crippen molar-refractivity contribution in [3.05, 3.63) is 77.6 Å². The number of halogens is 1. The first kappa shape index (κ1) is 16.4. The molecule has 116 valence electrons. The highest BCUT2D eigenvalue weighted by molar-refractivity contribution is 7.88. The summed E-state index contributed by atoms with van der Waals surface area (Å²) in [7, 11) is -3.40. The Kier molecular flexibility index (Phi) is 5.86. The van der Waals surface area contributed by atoms with Crippen molar-refractivity contribution in [2.24, 2.45) is 0 Å². The van der Waals surface area contributed by atoms with E-state index in [2.05, 4.69) is 4.72 Å². The molecule has 0 aliphatic carbocycles. The first-order valence-electron chi connectivity index (χ1n) is 6.98. The van der Waals surface area contributed by atoms with Crippen LogP contribution in [0.1, 0.15) is 17.5 Å². The van der Waals surface area contributed by atoms with E-state index in [9.17, 15) is 12.8 Å². The van der Waals surface area contributed by atoms with E-state index in [-0.39, 0.29) is 11.6 Å². The third-order valence-electron chi connectivity index (χ3n) is 3.01. The molecule has 2 rings (SSSR count). The minimum Gasteiger partial charge on any atom is -0.215 e. The Morgan fingerprint density at radius 2 is 1.68 bits per heavy atom. The van der Waals surface area contributed by atoms with Crippen LogP contribution in [-0.4, -0.2) is 15.0 Å². The van der Waals surface area contributed by atoms with Crippen LogP contribution in [0.5, 0.6) is 0 Å². The Balaban J connectivity index is 1.78. The van der Waals surface area contributed by atoms with Crippen LogP contribution in [0.25, 0.3) is 6.08 Å². The lowest BCUT2D eigenvalue weighted by atomic mass is 10.2. The Labute approximate surface area is 130 Å². The molecule has 2 aromatic carbocycles. The summed E-state index contributed by atoms with van der Waals surface area (Å²) in [6, 6.07) is 15.3. The molecule has 0 unspecified atom stereocenters. The molecule has 3 nitrogen and oxygen atoms in total. The molecule has 0 radical (unpaired) electrons. The van der Waals surface area contributed by atoms with Gasteiger partial charge in [0.1, 0.15) is 5.82 Å². The number of rotatable bonds is 7. The lowest BCUT2D eigenvalue weighted by Gasteiger charge is -2.05. The van der Waals surface area contributed by atoms with Crippen LogP contribution < -0.4 is 4.72 Å². The quantitative estimate of drug-likeness (QED) is 0.796. The third kappa shape index (κ3) is 5.79. The van der Waals surface area contributed by atoms with Gasteiger partial charge >= 0.3 is 0 Å². The van der Waals surface area contributed by atoms with Gasteiger partial charge in [-0.15, -0.1) is 0 Å². The monoisotopic (exact) mass is 319 g/mol. The number of hydrogen-bond donors (Lipinski definition) is 1. The smallest absolute Gasteiger partial charge is 0.215 e. The van der Waals surface area contributed by atoms with Gasteiger partial charge in [0.25, 0.3) is 0 Å². The zero-order valence-electron chi connectivity index (χ0n) is 12.1. The van der Waals surface area contributed by atoms with Crippen molar-refractivity contribution in [3.8, 4) is 0 Å². The van der Waals surface area contributed by atoms with Gasteiger partial charge < -0.3 is 0 Å². The van der Waals surface area contributed by atoms with Crippen molar-refractivity contribution in [2.75, 3.05) is 6.54 Å². The van der Waals surface area contributed by atoms with Gasteiger partial charge in [0.15, 0.2) is 0 Å². The molecule has 0 aliphatic heterocycles. The molecule has 0 aromatic heterocycles. The van der Waals surface area contributed by atoms with E-state index < -0.39 is 10.0 Å². The molecule has 0 atom stereocenters. The van der Waals surface area contributed by atoms with Crippen LogP contribution in [0.15, 0.2) is 60.7 Å². The van der Waals surface area contributed by atoms with E-state index in [0.717, 1.165) is 5.56 Å². The van der Waals surface area contributed by atoms with Crippen molar-refractivity contribution in [1.29, 1.82) is 0 Å². The molecule has 0 saturated carbocycles. The molecule has 0 heterocycles. The first-order chi connectivity index (χ1) is 10.6. The zero-order valence-corrected chi connectivity index (χ0v) is 12.9. The fourth-order valence-corrected chi connectivity index (χ4v) is 3.09. The van der Waals surface area contributed by atoms with Gasteiger partial charge in [0, 0.05) is 6.54 Å². The summed E-state index contributed by atoms with van der Waals surface area (Å²) in [6.07, 6.45) is 4.49. The van der Waals surface area contributed by atoms with E-state index in [1.165, 1.54) is 24.3 Å². The van der Waals surface area contributed by atoms with Gasteiger partial charge in [0.2, 0.25) is 10.0 Å². The van der Waals surface area contributed by atoms with Crippen LogP contribution >= 0.6 is 0 Å². The van der Waals surface area contributed by atoms with Crippen molar-refractivity contribution < 1.29 is 12.8 Å². The van der Waals surface area contributed by atoms with Crippen LogP contribution in [-0.2, 0) is 15.8 Å². The Morgan fingerprint density at radius 3 is 2.36 bits per heavy atom. The molecule has 5 heteroatoms. The van der Waals surface area contributed by atoms with E-state index in [0.29, 0.717) is 18.5 Å². The SMILES string of the molecule is O=S(=O)(Cc1ccc(F)cc1)NCC/C=C/c1ccccc1. The summed E-state index contributed by atoms with van der Waals surface area (Å²) in [4.78, 5) is 0. The predicted molar refractivity (Wildman–Crippen MR) is 87.1 cm³/mol. The van der Waals surface area contributed by atoms with Gasteiger partial charge in [-0.3, -0.25) is 0 Å². The average Bonchev–Trinajstić information content (AvgIpc) is 2.50. The van der Waals surface area contributed by atoms with Gasteiger partial charge in [-0.25, -0.2) is 17.5 Å². The number of hydrogen-bond acceptors (Lipinski definition) is 2. The molecule has 0 fully saturated rings. The van der Waals surface area contributed by atoms with Gasteiger partial charge in [-0.05, 0) is 29.7 Å². The molecule has 0 amide bonds. The van der Waals surface area contributed by atoms with Gasteiger partial charge in [0.05, 0.1) is 5.75 Å². The highest BCUT2D eigenvalue weighted by Gasteiger charge is 2.10. The van der Waals surface area contributed by atoms with Crippen molar-refractivity contribution in [1.82, 2.24) is 4.72 Å². The van der Waals surface area contributed by atoms with Gasteiger partial charge in [-0.1, -0.05) is 54.6 Å². The maximum atomic E-state index is 12.8. The Bertz CT molecular complexity index is 710. The molecule has 1 N–H and O–H groups in total. The minimum atomic E-state index is -3.40. The normalized spacial score (nSPS) is 11.9. The lowest BCUT2D eigenvalue weighted by Crippen LogP contribution is -2.25. The zero-order chi connectivity index (χ0) is 15.8. The second kappa shape index (κ2) is 7.87. The maximum Gasteiger partial charge on any atom is 0.215 e. The molecule has 22 heavy (non-hydrogen) atoms. The number of benzene rings is 2. The highest BCUT2D eigenvalue weighted by atomic mass is 32.2. The second-order valence-corrected chi connectivity index (χ2v) is 6.69. The van der Waals surface area contributed by atoms with Gasteiger partial charge in [-0.2, -0.15) is 0 Å². The van der Waals surface area contributed by atoms with Crippen molar-refractivity contribution in [2.45, 2.75) is 12.2 Å². The van der Waals surface area contributed by atoms with Crippen LogP contribution in [0.4, 0.5) is 4.39 Å². The van der Waals surface area contributed by atoms with Crippen LogP contribution in [0, 0.1) is 5.82 Å².